The molecular formula is C13H11BrClNO2S. The highest BCUT2D eigenvalue weighted by atomic mass is 79.9. The third-order valence-electron chi connectivity index (χ3n) is 2.57. The van der Waals surface area contributed by atoms with E-state index in [4.69, 9.17) is 16.7 Å². The third kappa shape index (κ3) is 3.49. The number of carboxylic acids is 1. The van der Waals surface area contributed by atoms with Crippen molar-refractivity contribution in [2.24, 2.45) is 0 Å². The lowest BCUT2D eigenvalue weighted by molar-refractivity contribution is 0.0702. The van der Waals surface area contributed by atoms with Crippen LogP contribution in [0.2, 0.25) is 5.02 Å². The van der Waals surface area contributed by atoms with Gasteiger partial charge in [-0.3, -0.25) is 0 Å². The molecule has 0 bridgehead atoms. The molecule has 2 aromatic rings. The maximum atomic E-state index is 10.8. The van der Waals surface area contributed by atoms with Crippen LogP contribution in [0.1, 0.15) is 20.1 Å². The van der Waals surface area contributed by atoms with Crippen molar-refractivity contribution < 1.29 is 9.90 Å². The third-order valence-corrected chi connectivity index (χ3v) is 4.71. The van der Waals surface area contributed by atoms with Crippen molar-refractivity contribution in [1.29, 1.82) is 0 Å². The molecule has 1 aromatic heterocycles. The van der Waals surface area contributed by atoms with E-state index in [0.717, 1.165) is 20.6 Å². The molecule has 0 atom stereocenters. The van der Waals surface area contributed by atoms with Gasteiger partial charge in [0.25, 0.3) is 0 Å². The first kappa shape index (κ1) is 14.4. The normalized spacial score (nSPS) is 10.5. The van der Waals surface area contributed by atoms with E-state index in [9.17, 15) is 4.79 Å². The Balaban J connectivity index is 2.09. The molecular weight excluding hydrogens is 350 g/mol. The molecule has 6 heteroatoms. The summed E-state index contributed by atoms with van der Waals surface area (Å²) in [5.41, 5.74) is 1.89. The van der Waals surface area contributed by atoms with E-state index in [-0.39, 0.29) is 0 Å². The number of thiophene rings is 1. The fourth-order valence-corrected chi connectivity index (χ4v) is 3.10. The van der Waals surface area contributed by atoms with E-state index in [2.05, 4.69) is 21.2 Å². The van der Waals surface area contributed by atoms with Gasteiger partial charge in [0.2, 0.25) is 0 Å². The summed E-state index contributed by atoms with van der Waals surface area (Å²) in [4.78, 5) is 12.1. The number of nitrogens with one attached hydrogen (secondary N) is 1. The number of anilines is 1. The van der Waals surface area contributed by atoms with Gasteiger partial charge in [0.05, 0.1) is 5.69 Å². The van der Waals surface area contributed by atoms with Gasteiger partial charge in [-0.15, -0.1) is 11.3 Å². The summed E-state index contributed by atoms with van der Waals surface area (Å²) in [6.07, 6.45) is 0. The minimum atomic E-state index is -0.893. The monoisotopic (exact) mass is 359 g/mol. The van der Waals surface area contributed by atoms with Crippen molar-refractivity contribution in [2.75, 3.05) is 5.32 Å². The molecule has 0 aliphatic heterocycles. The largest absolute Gasteiger partial charge is 0.477 e. The van der Waals surface area contributed by atoms with E-state index < -0.39 is 5.97 Å². The van der Waals surface area contributed by atoms with Crippen molar-refractivity contribution in [3.05, 3.63) is 49.1 Å². The maximum absolute atomic E-state index is 10.8. The first-order valence-corrected chi connectivity index (χ1v) is 7.47. The van der Waals surface area contributed by atoms with Gasteiger partial charge in [0.15, 0.2) is 0 Å². The lowest BCUT2D eigenvalue weighted by Gasteiger charge is -2.09. The predicted molar refractivity (Wildman–Crippen MR) is 82.5 cm³/mol. The summed E-state index contributed by atoms with van der Waals surface area (Å²) >= 11 is 10.8. The summed E-state index contributed by atoms with van der Waals surface area (Å²) in [7, 11) is 0. The molecule has 0 saturated heterocycles. The first-order chi connectivity index (χ1) is 8.97. The van der Waals surface area contributed by atoms with Gasteiger partial charge in [0.1, 0.15) is 4.88 Å². The number of carboxylic acid groups (broad SMARTS) is 1. The Morgan fingerprint density at radius 2 is 2.21 bits per heavy atom. The van der Waals surface area contributed by atoms with Crippen LogP contribution in [0.25, 0.3) is 0 Å². The Morgan fingerprint density at radius 3 is 2.84 bits per heavy atom. The molecule has 0 saturated carbocycles. The van der Waals surface area contributed by atoms with Crippen molar-refractivity contribution in [3.63, 3.8) is 0 Å². The van der Waals surface area contributed by atoms with Gasteiger partial charge in [-0.1, -0.05) is 11.6 Å². The van der Waals surface area contributed by atoms with Crippen LogP contribution in [0.15, 0.2) is 28.7 Å². The van der Waals surface area contributed by atoms with Gasteiger partial charge in [-0.25, -0.2) is 4.79 Å². The summed E-state index contributed by atoms with van der Waals surface area (Å²) in [6.45, 7) is 2.51. The molecule has 0 amide bonds. The minimum absolute atomic E-state index is 0.345. The van der Waals surface area contributed by atoms with Crippen LogP contribution in [0.3, 0.4) is 0 Å². The quantitative estimate of drug-likeness (QED) is 0.824. The van der Waals surface area contributed by atoms with Gasteiger partial charge in [-0.05, 0) is 52.7 Å². The molecule has 2 rings (SSSR count). The molecule has 2 N–H and O–H groups in total. The zero-order valence-corrected chi connectivity index (χ0v) is 13.2. The van der Waals surface area contributed by atoms with Crippen LogP contribution in [0.4, 0.5) is 5.69 Å². The fourth-order valence-electron chi connectivity index (χ4n) is 1.55. The molecule has 0 radical (unpaired) electrons. The molecule has 0 spiro atoms. The van der Waals surface area contributed by atoms with Crippen molar-refractivity contribution in [2.45, 2.75) is 13.5 Å². The smallest absolute Gasteiger partial charge is 0.345 e. The summed E-state index contributed by atoms with van der Waals surface area (Å²) in [5.74, 6) is -0.893. The standard InChI is InChI=1S/C13H11BrClNO2S/c1-7-4-9(14)11(5-10(7)15)16-6-8-2-3-12(19-8)13(17)18/h2-5,16H,6H2,1H3,(H,17,18). The van der Waals surface area contributed by atoms with E-state index in [0.29, 0.717) is 16.4 Å². The highest BCUT2D eigenvalue weighted by Crippen LogP contribution is 2.30. The highest BCUT2D eigenvalue weighted by molar-refractivity contribution is 9.10. The van der Waals surface area contributed by atoms with Crippen LogP contribution >= 0.6 is 38.9 Å². The van der Waals surface area contributed by atoms with Crippen LogP contribution in [-0.4, -0.2) is 11.1 Å². The van der Waals surface area contributed by atoms with Crippen LogP contribution in [0.5, 0.6) is 0 Å². The van der Waals surface area contributed by atoms with Gasteiger partial charge in [0, 0.05) is 20.9 Å². The Kier molecular flexibility index (Phi) is 4.50. The fraction of sp³-hybridized carbons (Fsp3) is 0.154. The molecule has 0 aliphatic rings. The Bertz CT molecular complexity index is 627. The van der Waals surface area contributed by atoms with E-state index >= 15 is 0 Å². The van der Waals surface area contributed by atoms with Crippen LogP contribution in [-0.2, 0) is 6.54 Å². The minimum Gasteiger partial charge on any atom is -0.477 e. The zero-order valence-electron chi connectivity index (χ0n) is 10.0. The number of hydrogen-bond donors (Lipinski definition) is 2. The molecule has 0 fully saturated rings. The van der Waals surface area contributed by atoms with Crippen LogP contribution in [0, 0.1) is 6.92 Å². The molecule has 3 nitrogen and oxygen atoms in total. The van der Waals surface area contributed by atoms with Crippen molar-refractivity contribution in [1.82, 2.24) is 0 Å². The van der Waals surface area contributed by atoms with E-state index in [1.165, 1.54) is 11.3 Å². The van der Waals surface area contributed by atoms with Gasteiger partial charge < -0.3 is 10.4 Å². The number of rotatable bonds is 4. The molecule has 0 aliphatic carbocycles. The topological polar surface area (TPSA) is 49.3 Å². The maximum Gasteiger partial charge on any atom is 0.345 e. The van der Waals surface area contributed by atoms with E-state index in [1.807, 2.05) is 25.1 Å². The molecule has 100 valence electrons. The lowest BCUT2D eigenvalue weighted by atomic mass is 10.2. The summed E-state index contributed by atoms with van der Waals surface area (Å²) < 4.78 is 0.935. The number of aryl methyl sites for hydroxylation is 1. The number of carbonyl (C=O) groups is 1. The Labute approximate surface area is 128 Å². The Morgan fingerprint density at radius 1 is 1.47 bits per heavy atom. The SMILES string of the molecule is Cc1cc(Br)c(NCc2ccc(C(=O)O)s2)cc1Cl. The predicted octanol–water partition coefficient (Wildman–Crippen LogP) is 4.78. The molecule has 0 unspecified atom stereocenters. The second kappa shape index (κ2) is 5.94. The summed E-state index contributed by atoms with van der Waals surface area (Å²) in [5, 5.41) is 12.8. The highest BCUT2D eigenvalue weighted by Gasteiger charge is 2.08. The molecule has 19 heavy (non-hydrogen) atoms. The number of benzene rings is 1. The number of aromatic carboxylic acids is 1. The average molecular weight is 361 g/mol. The molecule has 1 aromatic carbocycles. The van der Waals surface area contributed by atoms with Gasteiger partial charge in [-0.2, -0.15) is 0 Å². The second-order valence-corrected chi connectivity index (χ2v) is 6.44. The van der Waals surface area contributed by atoms with Crippen LogP contribution < -0.4 is 5.32 Å². The van der Waals surface area contributed by atoms with Gasteiger partial charge >= 0.3 is 5.97 Å². The zero-order chi connectivity index (χ0) is 14.0. The number of halogens is 2. The Hall–Kier alpha value is -1.04. The van der Waals surface area contributed by atoms with Crippen molar-refractivity contribution >= 4 is 50.5 Å². The average Bonchev–Trinajstić information content (AvgIpc) is 2.81. The summed E-state index contributed by atoms with van der Waals surface area (Å²) in [6, 6.07) is 7.22. The first-order valence-electron chi connectivity index (χ1n) is 5.49. The lowest BCUT2D eigenvalue weighted by Crippen LogP contribution is -1.98. The number of hydrogen-bond acceptors (Lipinski definition) is 3. The molecule has 1 heterocycles. The van der Waals surface area contributed by atoms with E-state index in [1.54, 1.807) is 6.07 Å². The van der Waals surface area contributed by atoms with Crippen molar-refractivity contribution in [3.8, 4) is 0 Å². The second-order valence-electron chi connectivity index (χ2n) is 4.01.